The van der Waals surface area contributed by atoms with Crippen LogP contribution in [0.3, 0.4) is 0 Å². The van der Waals surface area contributed by atoms with Crippen LogP contribution < -0.4 is 0 Å². The van der Waals surface area contributed by atoms with Gasteiger partial charge in [-0.3, -0.25) is 0 Å². The molecular formula is C12H13NOS. The van der Waals surface area contributed by atoms with E-state index in [9.17, 15) is 0 Å². The summed E-state index contributed by atoms with van der Waals surface area (Å²) < 4.78 is 6.67. The number of thiazole rings is 1. The smallest absolute Gasteiger partial charge is 0.120 e. The van der Waals surface area contributed by atoms with Crippen LogP contribution >= 0.6 is 11.3 Å². The van der Waals surface area contributed by atoms with Crippen LogP contribution in [0, 0.1) is 0 Å². The van der Waals surface area contributed by atoms with Crippen LogP contribution in [-0.4, -0.2) is 11.6 Å². The van der Waals surface area contributed by atoms with E-state index >= 15 is 0 Å². The number of aromatic nitrogens is 1. The maximum atomic E-state index is 5.45. The van der Waals surface area contributed by atoms with Crippen molar-refractivity contribution < 1.29 is 4.74 Å². The zero-order valence-electron chi connectivity index (χ0n) is 8.64. The molecule has 0 spiro atoms. The number of hydrogen-bond donors (Lipinski definition) is 0. The van der Waals surface area contributed by atoms with Gasteiger partial charge in [-0.05, 0) is 19.1 Å². The Morgan fingerprint density at radius 3 is 3.07 bits per heavy atom. The Balaban J connectivity index is 2.02. The van der Waals surface area contributed by atoms with E-state index in [1.807, 2.05) is 37.3 Å². The fourth-order valence-electron chi connectivity index (χ4n) is 1.29. The van der Waals surface area contributed by atoms with Gasteiger partial charge in [0.1, 0.15) is 5.01 Å². The van der Waals surface area contributed by atoms with Gasteiger partial charge in [-0.15, -0.1) is 11.3 Å². The molecule has 0 aliphatic carbocycles. The van der Waals surface area contributed by atoms with Crippen molar-refractivity contribution in [2.24, 2.45) is 0 Å². The molecule has 1 aromatic carbocycles. The first-order valence-electron chi connectivity index (χ1n) is 4.93. The minimum absolute atomic E-state index is 0.601. The summed E-state index contributed by atoms with van der Waals surface area (Å²) in [5.74, 6) is 0. The van der Waals surface area contributed by atoms with Gasteiger partial charge in [0.25, 0.3) is 0 Å². The van der Waals surface area contributed by atoms with Crippen LogP contribution in [0.25, 0.3) is 10.2 Å². The third-order valence-electron chi connectivity index (χ3n) is 2.01. The average Bonchev–Trinajstić information content (AvgIpc) is 2.67. The maximum Gasteiger partial charge on any atom is 0.120 e. The standard InChI is InChI=1S/C12H13NOS/c1-2-3-8-14-9-12-13-10-6-4-5-7-11(10)15-12/h2-7H,8-9H2,1H3. The Morgan fingerprint density at radius 2 is 2.27 bits per heavy atom. The van der Waals surface area contributed by atoms with Crippen LogP contribution in [0.15, 0.2) is 36.4 Å². The number of nitrogens with zero attached hydrogens (tertiary/aromatic N) is 1. The van der Waals surface area contributed by atoms with Crippen molar-refractivity contribution in [3.05, 3.63) is 41.4 Å². The fraction of sp³-hybridized carbons (Fsp3) is 0.250. The first kappa shape index (κ1) is 10.3. The minimum atomic E-state index is 0.601. The Labute approximate surface area is 93.2 Å². The Morgan fingerprint density at radius 1 is 1.40 bits per heavy atom. The van der Waals surface area contributed by atoms with Gasteiger partial charge in [0.05, 0.1) is 23.4 Å². The average molecular weight is 219 g/mol. The van der Waals surface area contributed by atoms with E-state index in [0.717, 1.165) is 10.5 Å². The van der Waals surface area contributed by atoms with Crippen molar-refractivity contribution in [2.75, 3.05) is 6.61 Å². The van der Waals surface area contributed by atoms with Crippen molar-refractivity contribution in [1.82, 2.24) is 4.98 Å². The molecule has 0 radical (unpaired) electrons. The number of para-hydroxylation sites is 1. The molecule has 0 aliphatic heterocycles. The summed E-state index contributed by atoms with van der Waals surface area (Å²) in [6.45, 7) is 3.25. The van der Waals surface area contributed by atoms with Gasteiger partial charge in [0.15, 0.2) is 0 Å². The number of fused-ring (bicyclic) bond motifs is 1. The number of allylic oxidation sites excluding steroid dienone is 1. The lowest BCUT2D eigenvalue weighted by Crippen LogP contribution is -1.91. The predicted molar refractivity (Wildman–Crippen MR) is 64.1 cm³/mol. The second kappa shape index (κ2) is 5.05. The second-order valence-corrected chi connectivity index (χ2v) is 4.27. The summed E-state index contributed by atoms with van der Waals surface area (Å²) in [5, 5.41) is 1.04. The lowest BCUT2D eigenvalue weighted by molar-refractivity contribution is 0.148. The summed E-state index contributed by atoms with van der Waals surface area (Å²) in [4.78, 5) is 4.48. The molecule has 0 atom stereocenters. The Bertz CT molecular complexity index is 428. The highest BCUT2D eigenvalue weighted by molar-refractivity contribution is 7.18. The summed E-state index contributed by atoms with van der Waals surface area (Å²) >= 11 is 1.70. The first-order chi connectivity index (χ1) is 7.40. The van der Waals surface area contributed by atoms with Crippen LogP contribution in [-0.2, 0) is 11.3 Å². The number of ether oxygens (including phenoxy) is 1. The quantitative estimate of drug-likeness (QED) is 0.581. The molecular weight excluding hydrogens is 206 g/mol. The highest BCUT2D eigenvalue weighted by Crippen LogP contribution is 2.21. The highest BCUT2D eigenvalue weighted by Gasteiger charge is 2.01. The molecule has 2 rings (SSSR count). The zero-order chi connectivity index (χ0) is 10.5. The molecule has 2 aromatic rings. The topological polar surface area (TPSA) is 22.1 Å². The summed E-state index contributed by atoms with van der Waals surface area (Å²) in [6.07, 6.45) is 3.98. The molecule has 0 N–H and O–H groups in total. The molecule has 0 unspecified atom stereocenters. The molecule has 0 amide bonds. The van der Waals surface area contributed by atoms with E-state index in [1.165, 1.54) is 4.70 Å². The largest absolute Gasteiger partial charge is 0.370 e. The van der Waals surface area contributed by atoms with E-state index in [1.54, 1.807) is 11.3 Å². The van der Waals surface area contributed by atoms with E-state index in [-0.39, 0.29) is 0 Å². The summed E-state index contributed by atoms with van der Waals surface area (Å²) in [5.41, 5.74) is 1.06. The van der Waals surface area contributed by atoms with Crippen molar-refractivity contribution in [1.29, 1.82) is 0 Å². The molecule has 0 fully saturated rings. The maximum absolute atomic E-state index is 5.45. The van der Waals surface area contributed by atoms with Crippen LogP contribution in [0.1, 0.15) is 11.9 Å². The Hall–Kier alpha value is -1.19. The van der Waals surface area contributed by atoms with Crippen LogP contribution in [0.2, 0.25) is 0 Å². The third kappa shape index (κ3) is 2.64. The summed E-state index contributed by atoms with van der Waals surface area (Å²) in [6, 6.07) is 8.15. The monoisotopic (exact) mass is 219 g/mol. The van der Waals surface area contributed by atoms with E-state index in [0.29, 0.717) is 13.2 Å². The summed E-state index contributed by atoms with van der Waals surface area (Å²) in [7, 11) is 0. The molecule has 1 heterocycles. The van der Waals surface area contributed by atoms with Gasteiger partial charge in [-0.1, -0.05) is 24.3 Å². The second-order valence-electron chi connectivity index (χ2n) is 3.16. The van der Waals surface area contributed by atoms with Gasteiger partial charge in [0, 0.05) is 0 Å². The van der Waals surface area contributed by atoms with Crippen LogP contribution in [0.5, 0.6) is 0 Å². The van der Waals surface area contributed by atoms with Crippen molar-refractivity contribution in [3.8, 4) is 0 Å². The molecule has 15 heavy (non-hydrogen) atoms. The number of rotatable bonds is 4. The lowest BCUT2D eigenvalue weighted by atomic mass is 10.3. The van der Waals surface area contributed by atoms with Gasteiger partial charge < -0.3 is 4.74 Å². The van der Waals surface area contributed by atoms with Gasteiger partial charge in [-0.25, -0.2) is 4.98 Å². The number of hydrogen-bond acceptors (Lipinski definition) is 3. The van der Waals surface area contributed by atoms with Crippen molar-refractivity contribution in [2.45, 2.75) is 13.5 Å². The third-order valence-corrected chi connectivity index (χ3v) is 3.02. The van der Waals surface area contributed by atoms with E-state index in [2.05, 4.69) is 11.1 Å². The molecule has 0 saturated heterocycles. The minimum Gasteiger partial charge on any atom is -0.370 e. The Kier molecular flexibility index (Phi) is 3.48. The fourth-order valence-corrected chi connectivity index (χ4v) is 2.20. The predicted octanol–water partition coefficient (Wildman–Crippen LogP) is 3.39. The molecule has 2 nitrogen and oxygen atoms in total. The number of benzene rings is 1. The molecule has 0 saturated carbocycles. The van der Waals surface area contributed by atoms with E-state index in [4.69, 9.17) is 4.74 Å². The molecule has 3 heteroatoms. The SMILES string of the molecule is CC=CCOCc1nc2ccccc2s1. The highest BCUT2D eigenvalue weighted by atomic mass is 32.1. The molecule has 0 aliphatic rings. The van der Waals surface area contributed by atoms with Gasteiger partial charge in [-0.2, -0.15) is 0 Å². The van der Waals surface area contributed by atoms with Crippen molar-refractivity contribution in [3.63, 3.8) is 0 Å². The van der Waals surface area contributed by atoms with Gasteiger partial charge >= 0.3 is 0 Å². The molecule has 1 aromatic heterocycles. The van der Waals surface area contributed by atoms with Crippen molar-refractivity contribution >= 4 is 21.6 Å². The first-order valence-corrected chi connectivity index (χ1v) is 5.75. The normalized spacial score (nSPS) is 11.5. The van der Waals surface area contributed by atoms with Gasteiger partial charge in [0.2, 0.25) is 0 Å². The molecule has 0 bridgehead atoms. The van der Waals surface area contributed by atoms with Crippen LogP contribution in [0.4, 0.5) is 0 Å². The molecule has 78 valence electrons. The van der Waals surface area contributed by atoms with E-state index < -0.39 is 0 Å². The zero-order valence-corrected chi connectivity index (χ0v) is 9.46. The lowest BCUT2D eigenvalue weighted by Gasteiger charge is -1.95.